The van der Waals surface area contributed by atoms with Crippen molar-refractivity contribution < 1.29 is 18.7 Å². The Labute approximate surface area is 208 Å². The van der Waals surface area contributed by atoms with Crippen LogP contribution in [0.2, 0.25) is 5.02 Å². The summed E-state index contributed by atoms with van der Waals surface area (Å²) in [5.74, 6) is 0.0814. The molecule has 35 heavy (non-hydrogen) atoms. The average molecular weight is 499 g/mol. The summed E-state index contributed by atoms with van der Waals surface area (Å²) in [6.45, 7) is 8.22. The molecule has 1 aliphatic heterocycles. The van der Waals surface area contributed by atoms with Crippen molar-refractivity contribution in [2.45, 2.75) is 66.2 Å². The molecule has 1 aromatic carbocycles. The van der Waals surface area contributed by atoms with Gasteiger partial charge in [0.1, 0.15) is 17.3 Å². The Bertz CT molecular complexity index is 1350. The molecule has 5 rings (SSSR count). The molecule has 0 saturated heterocycles. The molecule has 1 aliphatic carbocycles. The molecule has 0 bridgehead atoms. The lowest BCUT2D eigenvalue weighted by atomic mass is 9.78. The van der Waals surface area contributed by atoms with Crippen molar-refractivity contribution in [1.82, 2.24) is 19.5 Å². The van der Waals surface area contributed by atoms with Gasteiger partial charge in [-0.2, -0.15) is 5.10 Å². The Hall–Kier alpha value is -3.00. The standard InChI is InChI=1S/C26H28ClFN4O3/c1-13(2)22(33)9-16-7-18(8-16)35-23-10-17(28)5-6-19(23)26(34)31-11-20-21(12-31)30-32-15(4)24(27)14(3)29-25(20)32/h5-6,10,13,16,18H,7-9,11-12H2,1-4H3. The van der Waals surface area contributed by atoms with Gasteiger partial charge in [0.05, 0.1) is 46.9 Å². The Morgan fingerprint density at radius 3 is 2.69 bits per heavy atom. The lowest BCUT2D eigenvalue weighted by molar-refractivity contribution is -0.124. The fraction of sp³-hybridized carbons (Fsp3) is 0.462. The maximum absolute atomic E-state index is 14.1. The van der Waals surface area contributed by atoms with Crippen molar-refractivity contribution in [1.29, 1.82) is 0 Å². The first-order valence-corrected chi connectivity index (χ1v) is 12.3. The molecule has 9 heteroatoms. The predicted molar refractivity (Wildman–Crippen MR) is 129 cm³/mol. The van der Waals surface area contributed by atoms with Crippen LogP contribution in [0.25, 0.3) is 5.65 Å². The molecule has 0 N–H and O–H groups in total. The number of Topliss-reactive ketones (excluding diaryl/α,β-unsaturated/α-hetero) is 1. The van der Waals surface area contributed by atoms with Gasteiger partial charge >= 0.3 is 0 Å². The van der Waals surface area contributed by atoms with Crippen LogP contribution in [0.4, 0.5) is 4.39 Å². The minimum absolute atomic E-state index is 0.0234. The summed E-state index contributed by atoms with van der Waals surface area (Å²) in [5, 5.41) is 5.21. The number of hydrogen-bond acceptors (Lipinski definition) is 5. The number of carbonyl (C=O) groups is 2. The van der Waals surface area contributed by atoms with Gasteiger partial charge in [-0.05, 0) is 44.7 Å². The number of carbonyl (C=O) groups excluding carboxylic acids is 2. The van der Waals surface area contributed by atoms with Crippen LogP contribution in [0.3, 0.4) is 0 Å². The van der Waals surface area contributed by atoms with Crippen LogP contribution in [-0.4, -0.2) is 37.3 Å². The normalized spacial score (nSPS) is 19.2. The number of benzene rings is 1. The molecule has 1 saturated carbocycles. The van der Waals surface area contributed by atoms with Crippen LogP contribution in [0.1, 0.15) is 66.1 Å². The molecule has 2 aromatic heterocycles. The van der Waals surface area contributed by atoms with E-state index >= 15 is 0 Å². The average Bonchev–Trinajstić information content (AvgIpc) is 3.34. The lowest BCUT2D eigenvalue weighted by Gasteiger charge is -2.36. The third-order valence-corrected chi connectivity index (χ3v) is 7.58. The molecule has 3 aromatic rings. The summed E-state index contributed by atoms with van der Waals surface area (Å²) >= 11 is 6.33. The Morgan fingerprint density at radius 2 is 1.97 bits per heavy atom. The summed E-state index contributed by atoms with van der Waals surface area (Å²) in [6, 6.07) is 4.01. The van der Waals surface area contributed by atoms with Crippen LogP contribution in [0.5, 0.6) is 5.75 Å². The van der Waals surface area contributed by atoms with Crippen LogP contribution >= 0.6 is 11.6 Å². The number of hydrogen-bond donors (Lipinski definition) is 0. The number of ketones is 1. The van der Waals surface area contributed by atoms with Crippen molar-refractivity contribution in [3.05, 3.63) is 57.2 Å². The van der Waals surface area contributed by atoms with Gasteiger partial charge in [0.15, 0.2) is 5.65 Å². The number of rotatable bonds is 6. The van der Waals surface area contributed by atoms with Crippen LogP contribution in [0, 0.1) is 31.5 Å². The first-order valence-electron chi connectivity index (χ1n) is 11.9. The van der Waals surface area contributed by atoms with E-state index in [1.165, 1.54) is 18.2 Å². The lowest BCUT2D eigenvalue weighted by Crippen LogP contribution is -2.36. The molecule has 0 spiro atoms. The zero-order valence-electron chi connectivity index (χ0n) is 20.3. The minimum Gasteiger partial charge on any atom is -0.489 e. The van der Waals surface area contributed by atoms with E-state index in [1.807, 2.05) is 27.7 Å². The van der Waals surface area contributed by atoms with Gasteiger partial charge in [-0.25, -0.2) is 13.9 Å². The Kier molecular flexibility index (Phi) is 6.03. The first-order chi connectivity index (χ1) is 16.6. The van der Waals surface area contributed by atoms with E-state index in [4.69, 9.17) is 16.3 Å². The van der Waals surface area contributed by atoms with Crippen LogP contribution < -0.4 is 4.74 Å². The van der Waals surface area contributed by atoms with Crippen molar-refractivity contribution in [2.75, 3.05) is 0 Å². The van der Waals surface area contributed by atoms with E-state index in [2.05, 4.69) is 10.1 Å². The van der Waals surface area contributed by atoms with E-state index < -0.39 is 5.82 Å². The minimum atomic E-state index is -0.461. The molecule has 0 radical (unpaired) electrons. The van der Waals surface area contributed by atoms with E-state index in [0.29, 0.717) is 41.4 Å². The van der Waals surface area contributed by atoms with E-state index in [9.17, 15) is 14.0 Å². The SMILES string of the molecule is Cc1nc2c3c(nn2c(C)c1Cl)CN(C(=O)c1ccc(F)cc1OC1CC(CC(=O)C(C)C)C1)C3. The molecule has 3 heterocycles. The fourth-order valence-corrected chi connectivity index (χ4v) is 4.96. The first kappa shape index (κ1) is 23.7. The van der Waals surface area contributed by atoms with Gasteiger partial charge in [0, 0.05) is 24.0 Å². The second-order valence-corrected chi connectivity index (χ2v) is 10.3. The highest BCUT2D eigenvalue weighted by atomic mass is 35.5. The second kappa shape index (κ2) is 8.90. The summed E-state index contributed by atoms with van der Waals surface area (Å²) in [4.78, 5) is 31.7. The highest BCUT2D eigenvalue weighted by Crippen LogP contribution is 2.37. The Balaban J connectivity index is 1.32. The maximum Gasteiger partial charge on any atom is 0.258 e. The van der Waals surface area contributed by atoms with Crippen molar-refractivity contribution in [3.63, 3.8) is 0 Å². The van der Waals surface area contributed by atoms with Crippen LogP contribution in [-0.2, 0) is 17.9 Å². The van der Waals surface area contributed by atoms with Gasteiger partial charge in [-0.1, -0.05) is 25.4 Å². The van der Waals surface area contributed by atoms with Crippen molar-refractivity contribution in [2.24, 2.45) is 11.8 Å². The topological polar surface area (TPSA) is 76.8 Å². The molecule has 1 amide bonds. The Morgan fingerprint density at radius 1 is 1.23 bits per heavy atom. The number of fused-ring (bicyclic) bond motifs is 3. The van der Waals surface area contributed by atoms with Gasteiger partial charge in [0.2, 0.25) is 0 Å². The molecule has 1 fully saturated rings. The number of aromatic nitrogens is 3. The molecular weight excluding hydrogens is 471 g/mol. The number of aryl methyl sites for hydroxylation is 2. The summed E-state index contributed by atoms with van der Waals surface area (Å²) in [5.41, 5.74) is 4.21. The zero-order valence-corrected chi connectivity index (χ0v) is 21.0. The van der Waals surface area contributed by atoms with Gasteiger partial charge in [-0.3, -0.25) is 9.59 Å². The maximum atomic E-state index is 14.1. The monoisotopic (exact) mass is 498 g/mol. The van der Waals surface area contributed by atoms with Gasteiger partial charge < -0.3 is 9.64 Å². The van der Waals surface area contributed by atoms with Crippen LogP contribution in [0.15, 0.2) is 18.2 Å². The number of nitrogens with zero attached hydrogens (tertiary/aromatic N) is 4. The second-order valence-electron chi connectivity index (χ2n) is 9.96. The molecule has 0 atom stereocenters. The zero-order chi connectivity index (χ0) is 25.0. The molecule has 184 valence electrons. The van der Waals surface area contributed by atoms with E-state index in [1.54, 1.807) is 9.42 Å². The summed E-state index contributed by atoms with van der Waals surface area (Å²) in [6.07, 6.45) is 1.86. The number of ether oxygens (including phenoxy) is 1. The third kappa shape index (κ3) is 4.29. The van der Waals surface area contributed by atoms with Gasteiger partial charge in [0.25, 0.3) is 5.91 Å². The van der Waals surface area contributed by atoms with E-state index in [-0.39, 0.29) is 35.4 Å². The highest BCUT2D eigenvalue weighted by Gasteiger charge is 2.35. The molecule has 0 unspecified atom stereocenters. The summed E-state index contributed by atoms with van der Waals surface area (Å²) in [7, 11) is 0. The quantitative estimate of drug-likeness (QED) is 0.474. The van der Waals surface area contributed by atoms with Crippen molar-refractivity contribution >= 4 is 28.9 Å². The largest absolute Gasteiger partial charge is 0.489 e. The number of amides is 1. The molecule has 2 aliphatic rings. The number of halogens is 2. The third-order valence-electron chi connectivity index (χ3n) is 7.04. The predicted octanol–water partition coefficient (Wildman–Crippen LogP) is 5.07. The smallest absolute Gasteiger partial charge is 0.258 e. The molecular formula is C26H28ClFN4O3. The van der Waals surface area contributed by atoms with Gasteiger partial charge in [-0.15, -0.1) is 0 Å². The summed E-state index contributed by atoms with van der Waals surface area (Å²) < 4.78 is 21.8. The van der Waals surface area contributed by atoms with Crippen molar-refractivity contribution in [3.8, 4) is 5.75 Å². The highest BCUT2D eigenvalue weighted by molar-refractivity contribution is 6.31. The molecule has 7 nitrogen and oxygen atoms in total. The van der Waals surface area contributed by atoms with E-state index in [0.717, 1.165) is 29.8 Å². The fourth-order valence-electron chi connectivity index (χ4n) is 4.83.